The maximum atomic E-state index is 8.47. The molecule has 0 saturated carbocycles. The van der Waals surface area contributed by atoms with Gasteiger partial charge in [0.05, 0.1) is 12.4 Å². The van der Waals surface area contributed by atoms with E-state index < -0.39 is 0 Å². The van der Waals surface area contributed by atoms with Crippen molar-refractivity contribution < 1.29 is 9.63 Å². The maximum Gasteiger partial charge on any atom is 0.149 e. The van der Waals surface area contributed by atoms with Crippen molar-refractivity contribution in [1.82, 2.24) is 5.16 Å². The van der Waals surface area contributed by atoms with Gasteiger partial charge in [0.2, 0.25) is 0 Å². The number of aromatic nitrogens is 1. The van der Waals surface area contributed by atoms with E-state index in [0.29, 0.717) is 0 Å². The average molecular weight is 238 g/mol. The van der Waals surface area contributed by atoms with Gasteiger partial charge >= 0.3 is 0 Å². The van der Waals surface area contributed by atoms with E-state index in [4.69, 9.17) is 9.63 Å². The summed E-state index contributed by atoms with van der Waals surface area (Å²) in [5, 5.41) is 12.1. The molecule has 0 aliphatic heterocycles. The van der Waals surface area contributed by atoms with Gasteiger partial charge in [-0.2, -0.15) is 11.8 Å². The molecule has 62 valence electrons. The van der Waals surface area contributed by atoms with Crippen LogP contribution in [0.4, 0.5) is 0 Å². The van der Waals surface area contributed by atoms with Crippen molar-refractivity contribution in [3.05, 3.63) is 16.4 Å². The molecule has 1 aromatic rings. The van der Waals surface area contributed by atoms with E-state index in [1.54, 1.807) is 11.8 Å². The summed E-state index contributed by atoms with van der Waals surface area (Å²) in [6, 6.07) is 1.82. The lowest BCUT2D eigenvalue weighted by Gasteiger charge is -1.92. The van der Waals surface area contributed by atoms with E-state index in [0.717, 1.165) is 21.9 Å². The molecule has 0 saturated heterocycles. The summed E-state index contributed by atoms with van der Waals surface area (Å²) < 4.78 is 5.63. The molecule has 11 heavy (non-hydrogen) atoms. The number of aliphatic hydroxyl groups excluding tert-OH is 1. The van der Waals surface area contributed by atoms with Crippen LogP contribution >= 0.6 is 27.7 Å². The predicted octanol–water partition coefficient (Wildman–Crippen LogP) is 1.66. The summed E-state index contributed by atoms with van der Waals surface area (Å²) in [6.07, 6.45) is 0. The van der Waals surface area contributed by atoms with Crippen LogP contribution in [0, 0.1) is 0 Å². The number of nitrogens with zero attached hydrogens (tertiary/aromatic N) is 1. The molecule has 1 heterocycles. The molecule has 0 atom stereocenters. The molecule has 1 N–H and O–H groups in total. The molecule has 0 aliphatic carbocycles. The highest BCUT2D eigenvalue weighted by Gasteiger charge is 2.00. The number of hydrogen-bond donors (Lipinski definition) is 1. The Morgan fingerprint density at radius 1 is 1.73 bits per heavy atom. The van der Waals surface area contributed by atoms with Crippen LogP contribution < -0.4 is 0 Å². The Balaban J connectivity index is 2.27. The highest BCUT2D eigenvalue weighted by molar-refractivity contribution is 9.10. The number of aliphatic hydroxyl groups is 1. The summed E-state index contributed by atoms with van der Waals surface area (Å²) in [5.74, 6) is 2.33. The zero-order chi connectivity index (χ0) is 8.10. The molecular formula is C6H8BrNO2S. The maximum absolute atomic E-state index is 8.47. The van der Waals surface area contributed by atoms with Crippen LogP contribution in [0.3, 0.4) is 0 Å². The van der Waals surface area contributed by atoms with E-state index in [2.05, 4.69) is 21.1 Å². The average Bonchev–Trinajstić information content (AvgIpc) is 2.37. The van der Waals surface area contributed by atoms with Crippen molar-refractivity contribution in [3.8, 4) is 0 Å². The standard InChI is InChI=1S/C6H8BrNO2S/c7-6-3-5(10-8-6)4-11-2-1-9/h3,9H,1-2,4H2. The molecule has 0 spiro atoms. The molecule has 0 unspecified atom stereocenters. The van der Waals surface area contributed by atoms with Gasteiger partial charge in [-0.15, -0.1) is 0 Å². The SMILES string of the molecule is OCCSCc1cc(Br)no1. The minimum atomic E-state index is 0.208. The number of rotatable bonds is 4. The van der Waals surface area contributed by atoms with Crippen LogP contribution in [0.1, 0.15) is 5.76 Å². The normalized spacial score (nSPS) is 10.4. The second-order valence-corrected chi connectivity index (χ2v) is 3.81. The highest BCUT2D eigenvalue weighted by Crippen LogP contribution is 2.15. The van der Waals surface area contributed by atoms with Crippen molar-refractivity contribution in [2.24, 2.45) is 0 Å². The Bertz CT molecular complexity index is 216. The van der Waals surface area contributed by atoms with Gasteiger partial charge in [-0.1, -0.05) is 5.16 Å². The molecule has 0 radical (unpaired) electrons. The highest BCUT2D eigenvalue weighted by atomic mass is 79.9. The molecule has 0 amide bonds. The number of hydrogen-bond acceptors (Lipinski definition) is 4. The Kier molecular flexibility index (Phi) is 3.96. The minimum absolute atomic E-state index is 0.208. The van der Waals surface area contributed by atoms with Crippen LogP contribution in [-0.2, 0) is 5.75 Å². The molecule has 1 aromatic heterocycles. The molecule has 3 nitrogen and oxygen atoms in total. The quantitative estimate of drug-likeness (QED) is 0.810. The topological polar surface area (TPSA) is 46.3 Å². The van der Waals surface area contributed by atoms with Crippen LogP contribution in [0.5, 0.6) is 0 Å². The van der Waals surface area contributed by atoms with Crippen molar-refractivity contribution in [3.63, 3.8) is 0 Å². The fraction of sp³-hybridized carbons (Fsp3) is 0.500. The Morgan fingerprint density at radius 3 is 3.09 bits per heavy atom. The second-order valence-electron chi connectivity index (χ2n) is 1.89. The lowest BCUT2D eigenvalue weighted by atomic mass is 10.5. The van der Waals surface area contributed by atoms with Crippen LogP contribution in [0.15, 0.2) is 15.2 Å². The summed E-state index contributed by atoms with van der Waals surface area (Å²) in [4.78, 5) is 0. The van der Waals surface area contributed by atoms with Crippen LogP contribution in [-0.4, -0.2) is 22.6 Å². The van der Waals surface area contributed by atoms with Gasteiger partial charge in [0, 0.05) is 11.8 Å². The van der Waals surface area contributed by atoms with Crippen molar-refractivity contribution in [2.45, 2.75) is 5.75 Å². The smallest absolute Gasteiger partial charge is 0.149 e. The monoisotopic (exact) mass is 237 g/mol. The summed E-state index contributed by atoms with van der Waals surface area (Å²) in [6.45, 7) is 0.208. The van der Waals surface area contributed by atoms with Crippen molar-refractivity contribution >= 4 is 27.7 Å². The van der Waals surface area contributed by atoms with E-state index in [1.165, 1.54) is 0 Å². The van der Waals surface area contributed by atoms with Crippen LogP contribution in [0.2, 0.25) is 0 Å². The summed E-state index contributed by atoms with van der Waals surface area (Å²) in [5.41, 5.74) is 0. The largest absolute Gasteiger partial charge is 0.396 e. The van der Waals surface area contributed by atoms with Gasteiger partial charge in [-0.25, -0.2) is 0 Å². The van der Waals surface area contributed by atoms with Gasteiger partial charge in [0.1, 0.15) is 10.4 Å². The lowest BCUT2D eigenvalue weighted by molar-refractivity contribution is 0.322. The Hall–Kier alpha value is -0.0000000000000000555. The van der Waals surface area contributed by atoms with E-state index in [1.807, 2.05) is 6.07 Å². The Labute approximate surface area is 77.3 Å². The number of thioether (sulfide) groups is 1. The van der Waals surface area contributed by atoms with E-state index in [9.17, 15) is 0 Å². The minimum Gasteiger partial charge on any atom is -0.396 e. The van der Waals surface area contributed by atoms with E-state index >= 15 is 0 Å². The van der Waals surface area contributed by atoms with Gasteiger partial charge < -0.3 is 9.63 Å². The molecule has 0 bridgehead atoms. The number of halogens is 1. The third-order valence-corrected chi connectivity index (χ3v) is 2.34. The summed E-state index contributed by atoms with van der Waals surface area (Å²) >= 11 is 4.79. The predicted molar refractivity (Wildman–Crippen MR) is 47.5 cm³/mol. The zero-order valence-corrected chi connectivity index (χ0v) is 8.19. The van der Waals surface area contributed by atoms with Gasteiger partial charge in [0.15, 0.2) is 0 Å². The van der Waals surface area contributed by atoms with Gasteiger partial charge in [-0.05, 0) is 15.9 Å². The third-order valence-electron chi connectivity index (χ3n) is 1.01. The van der Waals surface area contributed by atoms with Gasteiger partial charge in [-0.3, -0.25) is 0 Å². The fourth-order valence-corrected chi connectivity index (χ4v) is 1.53. The lowest BCUT2D eigenvalue weighted by Crippen LogP contribution is -1.86. The van der Waals surface area contributed by atoms with Crippen molar-refractivity contribution in [1.29, 1.82) is 0 Å². The molecule has 5 heteroatoms. The first kappa shape index (κ1) is 9.09. The van der Waals surface area contributed by atoms with Gasteiger partial charge in [0.25, 0.3) is 0 Å². The molecule has 0 aromatic carbocycles. The van der Waals surface area contributed by atoms with Crippen LogP contribution in [0.25, 0.3) is 0 Å². The molecule has 0 aliphatic rings. The second kappa shape index (κ2) is 4.79. The molecule has 0 fully saturated rings. The first-order valence-electron chi connectivity index (χ1n) is 3.12. The van der Waals surface area contributed by atoms with E-state index in [-0.39, 0.29) is 6.61 Å². The first-order valence-corrected chi connectivity index (χ1v) is 5.07. The molecule has 1 rings (SSSR count). The summed E-state index contributed by atoms with van der Waals surface area (Å²) in [7, 11) is 0. The zero-order valence-electron chi connectivity index (χ0n) is 5.79. The first-order chi connectivity index (χ1) is 5.33. The van der Waals surface area contributed by atoms with Crippen molar-refractivity contribution in [2.75, 3.05) is 12.4 Å². The third kappa shape index (κ3) is 3.27. The molecular weight excluding hydrogens is 230 g/mol. The Morgan fingerprint density at radius 2 is 2.55 bits per heavy atom. The fourth-order valence-electron chi connectivity index (χ4n) is 0.593.